The predicted octanol–water partition coefficient (Wildman–Crippen LogP) is 5.52. The van der Waals surface area contributed by atoms with Crippen molar-refractivity contribution < 1.29 is 5.11 Å². The smallest absolute Gasteiger partial charge is 0.261 e. The van der Waals surface area contributed by atoms with Gasteiger partial charge in [-0.3, -0.25) is 9.36 Å². The van der Waals surface area contributed by atoms with Crippen molar-refractivity contribution in [3.05, 3.63) is 91.4 Å². The molecule has 2 aromatic carbocycles. The van der Waals surface area contributed by atoms with Crippen LogP contribution in [0.1, 0.15) is 67.2 Å². The molecule has 1 N–H and O–H groups in total. The number of rotatable bonds is 8. The van der Waals surface area contributed by atoms with E-state index in [1.807, 2.05) is 49.4 Å². The summed E-state index contributed by atoms with van der Waals surface area (Å²) in [5, 5.41) is 20.0. The monoisotopic (exact) mass is 479 g/mol. The zero-order chi connectivity index (χ0) is 22.4. The van der Waals surface area contributed by atoms with Gasteiger partial charge in [0.1, 0.15) is 5.82 Å². The Bertz CT molecular complexity index is 1150. The van der Waals surface area contributed by atoms with Crippen LogP contribution < -0.4 is 5.56 Å². The van der Waals surface area contributed by atoms with E-state index < -0.39 is 0 Å². The Hall–Kier alpha value is -2.91. The summed E-state index contributed by atoms with van der Waals surface area (Å²) in [6, 6.07) is 16.9. The largest absolute Gasteiger partial charge is 0.493 e. The maximum Gasteiger partial charge on any atom is 0.261 e. The third-order valence-electron chi connectivity index (χ3n) is 5.41. The van der Waals surface area contributed by atoms with E-state index in [2.05, 4.69) is 33.9 Å². The highest BCUT2D eigenvalue weighted by Crippen LogP contribution is 2.26. The van der Waals surface area contributed by atoms with Gasteiger partial charge in [0.05, 0.1) is 23.2 Å². The van der Waals surface area contributed by atoms with Gasteiger partial charge in [0.15, 0.2) is 0 Å². The number of hydrogen-bond acceptors (Lipinski definition) is 4. The lowest BCUT2D eigenvalue weighted by atomic mass is 10.0. The quantitative estimate of drug-likeness (QED) is 0.461. The number of hydrogen-bond donors (Lipinski definition) is 1. The molecule has 6 heteroatoms. The minimum absolute atomic E-state index is 0.198. The minimum atomic E-state index is -0.260. The van der Waals surface area contributed by atoms with E-state index in [4.69, 9.17) is 0 Å². The molecule has 3 aromatic rings. The maximum absolute atomic E-state index is 13.7. The molecule has 0 fully saturated rings. The topological polar surface area (TPSA) is 78.9 Å². The van der Waals surface area contributed by atoms with Gasteiger partial charge in [-0.1, -0.05) is 60.5 Å². The average Bonchev–Trinajstić information content (AvgIpc) is 2.78. The molecular formula is C25H26BrN3O2. The molecule has 160 valence electrons. The Kier molecular flexibility index (Phi) is 7.64. The molecule has 0 unspecified atom stereocenters. The molecule has 0 saturated heterocycles. The summed E-state index contributed by atoms with van der Waals surface area (Å²) < 4.78 is 2.68. The SMILES string of the molecule is CCCCc1nc(O)c(Cc2ccc(Br)cc2)c(=O)n1[C@@H](CC)c1cccc(C#N)c1. The molecule has 1 aromatic heterocycles. The lowest BCUT2D eigenvalue weighted by molar-refractivity contribution is 0.420. The zero-order valence-corrected chi connectivity index (χ0v) is 19.4. The Balaban J connectivity index is 2.15. The fraction of sp³-hybridized carbons (Fsp3) is 0.320. The van der Waals surface area contributed by atoms with Crippen molar-refractivity contribution in [2.45, 2.75) is 52.0 Å². The van der Waals surface area contributed by atoms with Gasteiger partial charge in [-0.2, -0.15) is 10.2 Å². The van der Waals surface area contributed by atoms with Gasteiger partial charge in [-0.25, -0.2) is 0 Å². The molecule has 0 radical (unpaired) electrons. The van der Waals surface area contributed by atoms with E-state index in [-0.39, 0.29) is 23.0 Å². The van der Waals surface area contributed by atoms with E-state index >= 15 is 0 Å². The number of nitrogens with zero attached hydrogens (tertiary/aromatic N) is 3. The molecule has 0 aliphatic carbocycles. The second-order valence-corrected chi connectivity index (χ2v) is 8.49. The van der Waals surface area contributed by atoms with Crippen molar-refractivity contribution in [2.24, 2.45) is 0 Å². The molecular weight excluding hydrogens is 454 g/mol. The van der Waals surface area contributed by atoms with Crippen LogP contribution in [0, 0.1) is 11.3 Å². The van der Waals surface area contributed by atoms with E-state index in [0.717, 1.165) is 28.4 Å². The molecule has 1 heterocycles. The number of benzene rings is 2. The Morgan fingerprint density at radius 1 is 1.19 bits per heavy atom. The van der Waals surface area contributed by atoms with Crippen LogP contribution in [0.15, 0.2) is 57.8 Å². The molecule has 3 rings (SSSR count). The number of halogens is 1. The Morgan fingerprint density at radius 2 is 1.94 bits per heavy atom. The first-order chi connectivity index (χ1) is 15.0. The van der Waals surface area contributed by atoms with Crippen molar-refractivity contribution in [3.8, 4) is 11.9 Å². The summed E-state index contributed by atoms with van der Waals surface area (Å²) in [5.41, 5.74) is 2.43. The third-order valence-corrected chi connectivity index (χ3v) is 5.94. The van der Waals surface area contributed by atoms with Crippen LogP contribution in [0.5, 0.6) is 5.88 Å². The van der Waals surface area contributed by atoms with Crippen LogP contribution in [-0.2, 0) is 12.8 Å². The van der Waals surface area contributed by atoms with Crippen molar-refractivity contribution in [2.75, 3.05) is 0 Å². The first-order valence-electron chi connectivity index (χ1n) is 10.6. The number of aryl methyl sites for hydroxylation is 1. The third kappa shape index (κ3) is 5.23. The van der Waals surface area contributed by atoms with Gasteiger partial charge in [-0.05, 0) is 48.2 Å². The molecule has 0 spiro atoms. The summed E-state index contributed by atoms with van der Waals surface area (Å²) >= 11 is 3.42. The first-order valence-corrected chi connectivity index (χ1v) is 11.4. The molecule has 0 amide bonds. The highest BCUT2D eigenvalue weighted by molar-refractivity contribution is 9.10. The normalized spacial score (nSPS) is 11.8. The van der Waals surface area contributed by atoms with E-state index in [0.29, 0.717) is 30.7 Å². The highest BCUT2D eigenvalue weighted by atomic mass is 79.9. The fourth-order valence-corrected chi connectivity index (χ4v) is 4.04. The van der Waals surface area contributed by atoms with Crippen LogP contribution in [0.4, 0.5) is 0 Å². The minimum Gasteiger partial charge on any atom is -0.493 e. The molecule has 0 saturated carbocycles. The van der Waals surface area contributed by atoms with Crippen LogP contribution in [0.25, 0.3) is 0 Å². The van der Waals surface area contributed by atoms with Crippen molar-refractivity contribution >= 4 is 15.9 Å². The number of aromatic hydroxyl groups is 1. The average molecular weight is 480 g/mol. The number of unbranched alkanes of at least 4 members (excludes halogenated alkanes) is 1. The Morgan fingerprint density at radius 3 is 2.58 bits per heavy atom. The van der Waals surface area contributed by atoms with Gasteiger partial charge in [0.2, 0.25) is 5.88 Å². The van der Waals surface area contributed by atoms with E-state index in [9.17, 15) is 15.2 Å². The second kappa shape index (κ2) is 10.4. The molecule has 0 aliphatic heterocycles. The van der Waals surface area contributed by atoms with Gasteiger partial charge in [-0.15, -0.1) is 0 Å². The second-order valence-electron chi connectivity index (χ2n) is 7.57. The standard InChI is InChI=1S/C25H26BrN3O2/c1-3-5-9-23-28-24(30)21(15-17-10-12-20(26)13-11-17)25(31)29(23)22(4-2)19-8-6-7-18(14-19)16-27/h6-8,10-14,22,30H,3-5,9,15H2,1-2H3/t22-/m0/s1. The molecule has 0 aliphatic rings. The molecule has 5 nitrogen and oxygen atoms in total. The summed E-state index contributed by atoms with van der Waals surface area (Å²) in [5.74, 6) is 0.383. The number of aromatic nitrogens is 2. The Labute approximate surface area is 191 Å². The molecule has 1 atom stereocenters. The summed E-state index contributed by atoms with van der Waals surface area (Å²) in [4.78, 5) is 18.1. The number of nitriles is 1. The van der Waals surface area contributed by atoms with Gasteiger partial charge >= 0.3 is 0 Å². The van der Waals surface area contributed by atoms with Crippen LogP contribution in [0.2, 0.25) is 0 Å². The van der Waals surface area contributed by atoms with Crippen LogP contribution >= 0.6 is 15.9 Å². The highest BCUT2D eigenvalue weighted by Gasteiger charge is 2.23. The van der Waals surface area contributed by atoms with Crippen molar-refractivity contribution in [1.29, 1.82) is 5.26 Å². The lowest BCUT2D eigenvalue weighted by Gasteiger charge is -2.23. The van der Waals surface area contributed by atoms with Gasteiger partial charge in [0, 0.05) is 17.3 Å². The molecule has 31 heavy (non-hydrogen) atoms. The van der Waals surface area contributed by atoms with Gasteiger partial charge in [0.25, 0.3) is 5.56 Å². The van der Waals surface area contributed by atoms with E-state index in [1.54, 1.807) is 10.6 Å². The molecule has 0 bridgehead atoms. The van der Waals surface area contributed by atoms with Crippen molar-refractivity contribution in [3.63, 3.8) is 0 Å². The summed E-state index contributed by atoms with van der Waals surface area (Å²) in [7, 11) is 0. The van der Waals surface area contributed by atoms with Gasteiger partial charge < -0.3 is 5.11 Å². The fourth-order valence-electron chi connectivity index (χ4n) is 3.78. The lowest BCUT2D eigenvalue weighted by Crippen LogP contribution is -2.32. The predicted molar refractivity (Wildman–Crippen MR) is 125 cm³/mol. The zero-order valence-electron chi connectivity index (χ0n) is 17.8. The van der Waals surface area contributed by atoms with Crippen LogP contribution in [0.3, 0.4) is 0 Å². The summed E-state index contributed by atoms with van der Waals surface area (Å²) in [6.07, 6.45) is 3.39. The first kappa shape index (κ1) is 22.8. The van der Waals surface area contributed by atoms with Crippen LogP contribution in [-0.4, -0.2) is 14.7 Å². The summed E-state index contributed by atoms with van der Waals surface area (Å²) in [6.45, 7) is 4.10. The van der Waals surface area contributed by atoms with E-state index in [1.165, 1.54) is 0 Å². The maximum atomic E-state index is 13.7. The van der Waals surface area contributed by atoms with Crippen molar-refractivity contribution in [1.82, 2.24) is 9.55 Å².